The highest BCUT2D eigenvalue weighted by Gasteiger charge is 2.19. The van der Waals surface area contributed by atoms with Crippen molar-refractivity contribution in [2.45, 2.75) is 45.4 Å². The molecule has 0 atom stereocenters. The van der Waals surface area contributed by atoms with Gasteiger partial charge in [-0.3, -0.25) is 0 Å². The van der Waals surface area contributed by atoms with Crippen LogP contribution in [-0.4, -0.2) is 20.2 Å². The standard InChI is InChI=1S/C16H25NO/c1-11(2)14-10-15(12(3)9-16(14)18-4)13-5-7-17-8-6-13/h9-11,13,17H,5-8H2,1-4H3. The number of benzene rings is 1. The van der Waals surface area contributed by atoms with Gasteiger partial charge < -0.3 is 10.1 Å². The lowest BCUT2D eigenvalue weighted by atomic mass is 9.85. The summed E-state index contributed by atoms with van der Waals surface area (Å²) in [6.45, 7) is 8.98. The number of nitrogens with one attached hydrogen (secondary N) is 1. The van der Waals surface area contributed by atoms with E-state index in [0.29, 0.717) is 5.92 Å². The smallest absolute Gasteiger partial charge is 0.122 e. The maximum absolute atomic E-state index is 5.52. The molecular weight excluding hydrogens is 222 g/mol. The molecule has 2 heteroatoms. The van der Waals surface area contributed by atoms with Crippen molar-refractivity contribution in [1.29, 1.82) is 0 Å². The quantitative estimate of drug-likeness (QED) is 0.881. The van der Waals surface area contributed by atoms with Crippen LogP contribution in [0, 0.1) is 6.92 Å². The summed E-state index contributed by atoms with van der Waals surface area (Å²) in [6, 6.07) is 4.60. The van der Waals surface area contributed by atoms with Gasteiger partial charge in [-0.15, -0.1) is 0 Å². The molecule has 1 heterocycles. The van der Waals surface area contributed by atoms with Gasteiger partial charge in [0.2, 0.25) is 0 Å². The van der Waals surface area contributed by atoms with Gasteiger partial charge >= 0.3 is 0 Å². The van der Waals surface area contributed by atoms with Gasteiger partial charge in [-0.1, -0.05) is 19.9 Å². The third-order valence-electron chi connectivity index (χ3n) is 4.02. The van der Waals surface area contributed by atoms with Crippen molar-refractivity contribution in [3.8, 4) is 5.75 Å². The zero-order chi connectivity index (χ0) is 13.1. The van der Waals surface area contributed by atoms with E-state index in [-0.39, 0.29) is 0 Å². The van der Waals surface area contributed by atoms with Crippen LogP contribution in [0.1, 0.15) is 55.2 Å². The number of aryl methyl sites for hydroxylation is 1. The lowest BCUT2D eigenvalue weighted by Gasteiger charge is -2.26. The molecule has 0 aliphatic carbocycles. The Hall–Kier alpha value is -1.02. The van der Waals surface area contributed by atoms with Crippen LogP contribution >= 0.6 is 0 Å². The van der Waals surface area contributed by atoms with E-state index in [1.165, 1.54) is 29.5 Å². The molecule has 1 saturated heterocycles. The molecule has 1 N–H and O–H groups in total. The van der Waals surface area contributed by atoms with E-state index >= 15 is 0 Å². The molecule has 0 saturated carbocycles. The molecule has 0 unspecified atom stereocenters. The second kappa shape index (κ2) is 5.75. The van der Waals surface area contributed by atoms with E-state index in [0.717, 1.165) is 24.8 Å². The molecule has 1 aliphatic rings. The van der Waals surface area contributed by atoms with Crippen LogP contribution in [0.3, 0.4) is 0 Å². The normalized spacial score (nSPS) is 17.2. The fourth-order valence-corrected chi connectivity index (χ4v) is 2.92. The lowest BCUT2D eigenvalue weighted by molar-refractivity contribution is 0.405. The molecule has 0 radical (unpaired) electrons. The summed E-state index contributed by atoms with van der Waals surface area (Å²) in [7, 11) is 1.77. The van der Waals surface area contributed by atoms with E-state index in [2.05, 4.69) is 38.2 Å². The molecule has 1 aromatic carbocycles. The number of rotatable bonds is 3. The highest BCUT2D eigenvalue weighted by atomic mass is 16.5. The third-order valence-corrected chi connectivity index (χ3v) is 4.02. The van der Waals surface area contributed by atoms with Crippen LogP contribution in [-0.2, 0) is 0 Å². The van der Waals surface area contributed by atoms with E-state index in [1.807, 2.05) is 0 Å². The minimum atomic E-state index is 0.515. The maximum atomic E-state index is 5.52. The Balaban J connectivity index is 2.37. The zero-order valence-corrected chi connectivity index (χ0v) is 12.0. The first-order chi connectivity index (χ1) is 8.63. The number of methoxy groups -OCH3 is 1. The highest BCUT2D eigenvalue weighted by molar-refractivity contribution is 5.45. The molecule has 1 aromatic rings. The molecule has 0 amide bonds. The van der Waals surface area contributed by atoms with Gasteiger partial charge in [0, 0.05) is 0 Å². The number of hydrogen-bond donors (Lipinski definition) is 1. The molecule has 0 aromatic heterocycles. The van der Waals surface area contributed by atoms with E-state index in [1.54, 1.807) is 7.11 Å². The Morgan fingerprint density at radius 2 is 1.89 bits per heavy atom. The van der Waals surface area contributed by atoms with Crippen molar-refractivity contribution < 1.29 is 4.74 Å². The van der Waals surface area contributed by atoms with Crippen LogP contribution in [0.25, 0.3) is 0 Å². The Labute approximate surface area is 111 Å². The largest absolute Gasteiger partial charge is 0.496 e. The summed E-state index contributed by atoms with van der Waals surface area (Å²) in [5.74, 6) is 2.27. The van der Waals surface area contributed by atoms with Gasteiger partial charge in [0.25, 0.3) is 0 Å². The Morgan fingerprint density at radius 1 is 1.22 bits per heavy atom. The Morgan fingerprint density at radius 3 is 2.44 bits per heavy atom. The summed E-state index contributed by atoms with van der Waals surface area (Å²) in [5, 5.41) is 3.44. The SMILES string of the molecule is COc1cc(C)c(C2CCNCC2)cc1C(C)C. The second-order valence-corrected chi connectivity index (χ2v) is 5.63. The van der Waals surface area contributed by atoms with Gasteiger partial charge in [0.1, 0.15) is 5.75 Å². The first-order valence-electron chi connectivity index (χ1n) is 7.02. The number of hydrogen-bond acceptors (Lipinski definition) is 2. The molecule has 0 spiro atoms. The summed E-state index contributed by atoms with van der Waals surface area (Å²) in [6.07, 6.45) is 2.51. The van der Waals surface area contributed by atoms with Crippen molar-refractivity contribution in [1.82, 2.24) is 5.32 Å². The third kappa shape index (κ3) is 2.69. The summed E-state index contributed by atoms with van der Waals surface area (Å²) < 4.78 is 5.52. The van der Waals surface area contributed by atoms with E-state index in [4.69, 9.17) is 4.74 Å². The minimum absolute atomic E-state index is 0.515. The van der Waals surface area contributed by atoms with Crippen molar-refractivity contribution in [2.24, 2.45) is 0 Å². The molecule has 1 aliphatic heterocycles. The highest BCUT2D eigenvalue weighted by Crippen LogP contribution is 2.35. The molecule has 1 fully saturated rings. The molecule has 18 heavy (non-hydrogen) atoms. The van der Waals surface area contributed by atoms with E-state index in [9.17, 15) is 0 Å². The minimum Gasteiger partial charge on any atom is -0.496 e. The van der Waals surface area contributed by atoms with Crippen LogP contribution in [0.4, 0.5) is 0 Å². The Bertz CT molecular complexity index is 406. The Kier molecular flexibility index (Phi) is 4.28. The molecule has 2 nitrogen and oxygen atoms in total. The van der Waals surface area contributed by atoms with Crippen LogP contribution in [0.2, 0.25) is 0 Å². The maximum Gasteiger partial charge on any atom is 0.122 e. The molecule has 100 valence electrons. The predicted octanol–water partition coefficient (Wildman–Crippen LogP) is 3.59. The van der Waals surface area contributed by atoms with Gasteiger partial charge in [-0.05, 0) is 67.4 Å². The van der Waals surface area contributed by atoms with Gasteiger partial charge in [0.05, 0.1) is 7.11 Å². The lowest BCUT2D eigenvalue weighted by Crippen LogP contribution is -2.27. The van der Waals surface area contributed by atoms with Crippen molar-refractivity contribution in [2.75, 3.05) is 20.2 Å². The van der Waals surface area contributed by atoms with Gasteiger partial charge in [-0.25, -0.2) is 0 Å². The second-order valence-electron chi connectivity index (χ2n) is 5.63. The molecular formula is C16H25NO. The topological polar surface area (TPSA) is 21.3 Å². The van der Waals surface area contributed by atoms with Gasteiger partial charge in [-0.2, -0.15) is 0 Å². The average molecular weight is 247 g/mol. The van der Waals surface area contributed by atoms with Crippen LogP contribution < -0.4 is 10.1 Å². The van der Waals surface area contributed by atoms with Crippen molar-refractivity contribution in [3.05, 3.63) is 28.8 Å². The monoisotopic (exact) mass is 247 g/mol. The molecule has 2 rings (SSSR count). The summed E-state index contributed by atoms with van der Waals surface area (Å²) in [4.78, 5) is 0. The first-order valence-corrected chi connectivity index (χ1v) is 7.02. The predicted molar refractivity (Wildman–Crippen MR) is 76.7 cm³/mol. The van der Waals surface area contributed by atoms with E-state index < -0.39 is 0 Å². The zero-order valence-electron chi connectivity index (χ0n) is 12.0. The van der Waals surface area contributed by atoms with Crippen molar-refractivity contribution in [3.63, 3.8) is 0 Å². The fraction of sp³-hybridized carbons (Fsp3) is 0.625. The number of piperidine rings is 1. The first kappa shape index (κ1) is 13.4. The summed E-state index contributed by atoms with van der Waals surface area (Å²) >= 11 is 0. The molecule has 0 bridgehead atoms. The average Bonchev–Trinajstić information content (AvgIpc) is 2.39. The van der Waals surface area contributed by atoms with Crippen LogP contribution in [0.5, 0.6) is 5.75 Å². The van der Waals surface area contributed by atoms with Gasteiger partial charge in [0.15, 0.2) is 0 Å². The summed E-state index contributed by atoms with van der Waals surface area (Å²) in [5.41, 5.74) is 4.25. The number of ether oxygens (including phenoxy) is 1. The van der Waals surface area contributed by atoms with Crippen molar-refractivity contribution >= 4 is 0 Å². The fourth-order valence-electron chi connectivity index (χ4n) is 2.92. The van der Waals surface area contributed by atoms with Crippen LogP contribution in [0.15, 0.2) is 12.1 Å².